The van der Waals surface area contributed by atoms with Crippen LogP contribution in [0.1, 0.15) is 129 Å². The highest BCUT2D eigenvalue weighted by molar-refractivity contribution is 7.80. The number of amides is 6. The minimum Gasteiger partial charge on any atom is -0.508 e. The number of aromatic hydroxyl groups is 1. The van der Waals surface area contributed by atoms with Gasteiger partial charge in [-0.05, 0) is 112 Å². The third-order valence-electron chi connectivity index (χ3n) is 15.2. The van der Waals surface area contributed by atoms with Crippen molar-refractivity contribution in [3.63, 3.8) is 0 Å². The zero-order chi connectivity index (χ0) is 62.0. The molecule has 83 heavy (non-hydrogen) atoms. The van der Waals surface area contributed by atoms with E-state index in [1.165, 1.54) is 28.9 Å². The Morgan fingerprint density at radius 1 is 0.723 bits per heavy atom. The van der Waals surface area contributed by atoms with Crippen molar-refractivity contribution in [2.75, 3.05) is 38.5 Å². The molecule has 14 N–H and O–H groups in total. The van der Waals surface area contributed by atoms with Gasteiger partial charge in [0.2, 0.25) is 35.4 Å². The van der Waals surface area contributed by atoms with E-state index in [0.29, 0.717) is 56.0 Å². The SMILES string of the molecule is CCC(C)[C@H](NC(=O)[C@H](CC(=O)[C@@H]1CCCN1C(=O)[C@H](CCCN=C(N)N)CC(=O)[C@@H](CCCN=C(N)N)NC(=O)[C@@H]1CCCN1C(=O)[C@H](CCCCNC(=O)CCS)NC(C)=O)Cc1ccc(O)cc1)C(=O)C[C@@H](C[Si](C)(C)C)C(=O)O. The highest BCUT2D eigenvalue weighted by Gasteiger charge is 2.42. The van der Waals surface area contributed by atoms with Crippen molar-refractivity contribution < 1.29 is 58.2 Å². The largest absolute Gasteiger partial charge is 0.508 e. The molecule has 2 heterocycles. The quantitative estimate of drug-likeness (QED) is 0.0149. The normalized spacial score (nSPS) is 17.6. The van der Waals surface area contributed by atoms with Gasteiger partial charge in [-0.2, -0.15) is 12.6 Å². The number of carboxylic acids is 1. The number of hydrogen-bond donors (Lipinski definition) is 11. The van der Waals surface area contributed by atoms with Gasteiger partial charge in [0.05, 0.1) is 24.0 Å². The average molecular weight is 1200 g/mol. The summed E-state index contributed by atoms with van der Waals surface area (Å²) in [7, 11) is -1.93. The van der Waals surface area contributed by atoms with E-state index in [1.807, 2.05) is 26.6 Å². The molecule has 6 amide bonds. The fourth-order valence-electron chi connectivity index (χ4n) is 10.8. The number of aliphatic carboxylic acids is 1. The highest BCUT2D eigenvalue weighted by atomic mass is 32.1. The topological polar surface area (TPSA) is 395 Å². The van der Waals surface area contributed by atoms with Crippen molar-refractivity contribution in [1.29, 1.82) is 0 Å². The van der Waals surface area contributed by atoms with Gasteiger partial charge in [0.25, 0.3) is 0 Å². The van der Waals surface area contributed by atoms with Crippen molar-refractivity contribution >= 4 is 91.4 Å². The summed E-state index contributed by atoms with van der Waals surface area (Å²) >= 11 is 4.08. The number of aliphatic imine (C=N–C) groups is 2. The predicted octanol–water partition coefficient (Wildman–Crippen LogP) is 2.30. The fourth-order valence-corrected chi connectivity index (χ4v) is 12.8. The number of nitrogens with zero attached hydrogens (tertiary/aromatic N) is 4. The maximum absolute atomic E-state index is 15.0. The zero-order valence-electron chi connectivity index (χ0n) is 49.5. The first kappa shape index (κ1) is 70.7. The molecule has 464 valence electrons. The Morgan fingerprint density at radius 3 is 1.87 bits per heavy atom. The van der Waals surface area contributed by atoms with Crippen LogP contribution in [0, 0.1) is 23.7 Å². The Labute approximate surface area is 495 Å². The summed E-state index contributed by atoms with van der Waals surface area (Å²) in [5.74, 6) is -8.60. The van der Waals surface area contributed by atoms with Gasteiger partial charge in [-0.25, -0.2) is 0 Å². The second kappa shape index (κ2) is 35.5. The number of benzene rings is 1. The molecule has 0 spiro atoms. The van der Waals surface area contributed by atoms with Gasteiger partial charge in [0, 0.05) is 85.2 Å². The summed E-state index contributed by atoms with van der Waals surface area (Å²) in [6.45, 7) is 12.0. The highest BCUT2D eigenvalue weighted by Crippen LogP contribution is 2.30. The number of phenolic OH excluding ortho intramolecular Hbond substituents is 1. The average Bonchev–Trinajstić information content (AvgIpc) is 4.27. The van der Waals surface area contributed by atoms with Crippen molar-refractivity contribution in [2.45, 2.75) is 186 Å². The standard InChI is InChI=1S/C57H94N12O12SSi/c1-7-35(2)50(48(74)33-40(55(80)81)34-83(4,5)6)67-51(76)39(30-37-19-21-41(71)22-20-37)32-47(73)44-17-12-27-68(44)53(78)38(14-10-25-63-56(58)59)31-46(72)42(16-11-26-64-57(60)61)66-52(77)45-18-13-28-69(45)54(79)43(65-36(3)70)15-8-9-24-62-49(75)23-29-82/h19-22,35,38-40,42-45,50,71,82H,7-18,23-34H2,1-6H3,(H,62,75)(H,65,70)(H,66,77)(H,67,76)(H,80,81)(H4,58,59,63)(H4,60,61,64)/t35?,38-,39+,40+,42-,43+,44+,45+,50+/m1/s1. The molecule has 2 fully saturated rings. The molecule has 0 aromatic heterocycles. The van der Waals surface area contributed by atoms with Gasteiger partial charge in [0.15, 0.2) is 29.3 Å². The fraction of sp³-hybridized carbons (Fsp3) is 0.684. The molecule has 0 saturated carbocycles. The van der Waals surface area contributed by atoms with Crippen LogP contribution in [0.2, 0.25) is 25.7 Å². The first-order valence-electron chi connectivity index (χ1n) is 29.2. The minimum absolute atomic E-state index is 0.0144. The summed E-state index contributed by atoms with van der Waals surface area (Å²) < 4.78 is 0. The van der Waals surface area contributed by atoms with E-state index in [1.54, 1.807) is 19.1 Å². The minimum atomic E-state index is -1.93. The molecule has 3 rings (SSSR count). The summed E-state index contributed by atoms with van der Waals surface area (Å²) in [5, 5.41) is 31.4. The molecule has 2 aliphatic heterocycles. The van der Waals surface area contributed by atoms with Crippen LogP contribution in [0.3, 0.4) is 0 Å². The van der Waals surface area contributed by atoms with Gasteiger partial charge >= 0.3 is 5.97 Å². The van der Waals surface area contributed by atoms with Gasteiger partial charge in [-0.15, -0.1) is 0 Å². The Morgan fingerprint density at radius 2 is 1.30 bits per heavy atom. The van der Waals surface area contributed by atoms with Crippen molar-refractivity contribution in [3.8, 4) is 5.75 Å². The lowest BCUT2D eigenvalue weighted by Gasteiger charge is -2.31. The number of hydrogen-bond acceptors (Lipinski definition) is 14. The van der Waals surface area contributed by atoms with E-state index < -0.39 is 109 Å². The lowest BCUT2D eigenvalue weighted by atomic mass is 9.87. The summed E-state index contributed by atoms with van der Waals surface area (Å²) in [6.07, 6.45) is 3.08. The molecule has 24 nitrogen and oxygen atoms in total. The van der Waals surface area contributed by atoms with Crippen LogP contribution in [0.15, 0.2) is 34.3 Å². The molecule has 0 bridgehead atoms. The first-order valence-corrected chi connectivity index (χ1v) is 33.6. The van der Waals surface area contributed by atoms with E-state index in [4.69, 9.17) is 22.9 Å². The first-order chi connectivity index (χ1) is 39.1. The maximum Gasteiger partial charge on any atom is 0.306 e. The predicted molar refractivity (Wildman–Crippen MR) is 322 cm³/mol. The van der Waals surface area contributed by atoms with Gasteiger partial charge in [-0.3, -0.25) is 57.9 Å². The van der Waals surface area contributed by atoms with Crippen LogP contribution in [0.4, 0.5) is 0 Å². The third-order valence-corrected chi connectivity index (χ3v) is 17.1. The molecule has 1 aromatic carbocycles. The number of likely N-dealkylation sites (tertiary alicyclic amines) is 2. The van der Waals surface area contributed by atoms with E-state index in [-0.39, 0.29) is 133 Å². The molecule has 0 aliphatic carbocycles. The van der Waals surface area contributed by atoms with E-state index in [2.05, 4.69) is 43.9 Å². The molecule has 2 aliphatic rings. The summed E-state index contributed by atoms with van der Waals surface area (Å²) in [6, 6.07) is 1.33. The Kier molecular flexibility index (Phi) is 30.3. The molecular formula is C57H94N12O12SSi. The van der Waals surface area contributed by atoms with Crippen molar-refractivity contribution in [1.82, 2.24) is 31.1 Å². The van der Waals surface area contributed by atoms with E-state index in [0.717, 1.165) is 0 Å². The molecule has 26 heteroatoms. The molecule has 9 atom stereocenters. The summed E-state index contributed by atoms with van der Waals surface area (Å²) in [4.78, 5) is 149. The smallest absolute Gasteiger partial charge is 0.306 e. The second-order valence-corrected chi connectivity index (χ2v) is 29.3. The third kappa shape index (κ3) is 25.0. The second-order valence-electron chi connectivity index (χ2n) is 23.4. The molecule has 1 aromatic rings. The number of ketones is 3. The molecule has 2 saturated heterocycles. The number of nitrogens with one attached hydrogen (secondary N) is 4. The van der Waals surface area contributed by atoms with E-state index in [9.17, 15) is 58.2 Å². The van der Waals surface area contributed by atoms with Crippen molar-refractivity contribution in [2.24, 2.45) is 56.6 Å². The number of rotatable bonds is 38. The number of unbranched alkanes of at least 4 members (excludes halogenated alkanes) is 1. The number of carbonyl (C=O) groups excluding carboxylic acids is 9. The number of carbonyl (C=O) groups is 10. The van der Waals surface area contributed by atoms with Crippen LogP contribution in [0.5, 0.6) is 5.75 Å². The lowest BCUT2D eigenvalue weighted by molar-refractivity contribution is -0.144. The number of phenols is 1. The number of Topliss-reactive ketones (excluding diaryl/α,β-unsaturated/α-hetero) is 3. The maximum atomic E-state index is 15.0. The van der Waals surface area contributed by atoms with Crippen LogP contribution >= 0.6 is 12.6 Å². The number of nitrogens with two attached hydrogens (primary N) is 4. The van der Waals surface area contributed by atoms with Crippen LogP contribution in [0.25, 0.3) is 0 Å². The lowest BCUT2D eigenvalue weighted by Crippen LogP contribution is -2.55. The monoisotopic (exact) mass is 1200 g/mol. The number of carboxylic acid groups (broad SMARTS) is 1. The number of guanidine groups is 2. The summed E-state index contributed by atoms with van der Waals surface area (Å²) in [5.41, 5.74) is 23.0. The van der Waals surface area contributed by atoms with Crippen LogP contribution in [-0.2, 0) is 54.4 Å². The Bertz CT molecular complexity index is 2430. The molecule has 0 radical (unpaired) electrons. The van der Waals surface area contributed by atoms with Crippen LogP contribution < -0.4 is 44.2 Å². The molecular weight excluding hydrogens is 1100 g/mol. The van der Waals surface area contributed by atoms with E-state index >= 15 is 0 Å². The van der Waals surface area contributed by atoms with Gasteiger partial charge in [-0.1, -0.05) is 52.0 Å². The molecule has 1 unspecified atom stereocenters. The Hall–Kier alpha value is -6.57. The Balaban J connectivity index is 1.93. The van der Waals surface area contributed by atoms with Crippen LogP contribution in [-0.4, -0.2) is 167 Å². The van der Waals surface area contributed by atoms with Crippen molar-refractivity contribution in [3.05, 3.63) is 29.8 Å². The zero-order valence-corrected chi connectivity index (χ0v) is 51.4. The number of thiol groups is 1. The van der Waals surface area contributed by atoms with Gasteiger partial charge in [0.1, 0.15) is 17.8 Å². The van der Waals surface area contributed by atoms with Gasteiger partial charge < -0.3 is 64.2 Å².